The Kier molecular flexibility index (Phi) is 8.00. The lowest BCUT2D eigenvalue weighted by molar-refractivity contribution is -0.126. The Balaban J connectivity index is 1.23. The molecule has 1 amide bonds. The Morgan fingerprint density at radius 2 is 2.00 bits per heavy atom. The van der Waals surface area contributed by atoms with Crippen LogP contribution in [0.2, 0.25) is 0 Å². The van der Waals surface area contributed by atoms with Gasteiger partial charge in [-0.2, -0.15) is 4.98 Å². The summed E-state index contributed by atoms with van der Waals surface area (Å²) in [5.41, 5.74) is 2.18. The zero-order chi connectivity index (χ0) is 22.3. The smallest absolute Gasteiger partial charge is 0.241 e. The molecule has 0 bridgehead atoms. The van der Waals surface area contributed by atoms with Crippen LogP contribution < -0.4 is 5.32 Å². The molecule has 168 valence electrons. The number of halogens is 1. The van der Waals surface area contributed by atoms with Gasteiger partial charge in [0.05, 0.1) is 12.5 Å². The van der Waals surface area contributed by atoms with Crippen molar-refractivity contribution < 1.29 is 9.32 Å². The zero-order valence-electron chi connectivity index (χ0n) is 18.1. The van der Waals surface area contributed by atoms with E-state index in [1.807, 2.05) is 24.3 Å². The summed E-state index contributed by atoms with van der Waals surface area (Å²) >= 11 is 5.20. The third-order valence-corrected chi connectivity index (χ3v) is 7.04. The van der Waals surface area contributed by atoms with Crippen LogP contribution >= 0.6 is 27.7 Å². The Morgan fingerprint density at radius 3 is 2.78 bits per heavy atom. The monoisotopic (exact) mass is 514 g/mol. The first-order valence-electron chi connectivity index (χ1n) is 10.8. The third kappa shape index (κ3) is 6.43. The van der Waals surface area contributed by atoms with E-state index < -0.39 is 0 Å². The van der Waals surface area contributed by atoms with E-state index in [1.54, 1.807) is 11.8 Å². The summed E-state index contributed by atoms with van der Waals surface area (Å²) < 4.78 is 6.47. The van der Waals surface area contributed by atoms with Crippen molar-refractivity contribution >= 4 is 33.6 Å². The molecule has 2 aromatic carbocycles. The highest BCUT2D eigenvalue weighted by molar-refractivity contribution is 9.10. The van der Waals surface area contributed by atoms with Crippen molar-refractivity contribution in [2.75, 3.05) is 25.4 Å². The normalized spacial score (nSPS) is 16.8. The number of carbonyl (C=O) groups excluding carboxylic acids is 1. The molecule has 6 nitrogen and oxygen atoms in total. The maximum Gasteiger partial charge on any atom is 0.241 e. The molecule has 0 spiro atoms. The van der Waals surface area contributed by atoms with Crippen LogP contribution in [0.5, 0.6) is 0 Å². The summed E-state index contributed by atoms with van der Waals surface area (Å²) in [6.45, 7) is 4.97. The minimum Gasteiger partial charge on any atom is -0.355 e. The molecule has 1 aromatic heterocycles. The second-order valence-corrected chi connectivity index (χ2v) is 10.1. The molecule has 1 unspecified atom stereocenters. The number of nitrogens with one attached hydrogen (secondary N) is 1. The molecular formula is C24H27BrN4O2S. The molecule has 3 aromatic rings. The van der Waals surface area contributed by atoms with Crippen LogP contribution in [0.15, 0.2) is 62.4 Å². The number of amides is 1. The molecular weight excluding hydrogens is 488 g/mol. The molecule has 1 aliphatic rings. The number of likely N-dealkylation sites (tertiary alicyclic amines) is 1. The number of thioether (sulfide) groups is 1. The Labute approximate surface area is 201 Å². The van der Waals surface area contributed by atoms with Crippen LogP contribution in [0.4, 0.5) is 0 Å². The minimum atomic E-state index is 0.00184. The molecule has 32 heavy (non-hydrogen) atoms. The lowest BCUT2D eigenvalue weighted by Gasteiger charge is -2.30. The van der Waals surface area contributed by atoms with E-state index in [2.05, 4.69) is 67.5 Å². The predicted molar refractivity (Wildman–Crippen MR) is 130 cm³/mol. The highest BCUT2D eigenvalue weighted by Gasteiger charge is 2.26. The molecule has 8 heteroatoms. The summed E-state index contributed by atoms with van der Waals surface area (Å²) in [6.07, 6.45) is 1.91. The summed E-state index contributed by atoms with van der Waals surface area (Å²) in [5, 5.41) is 7.21. The van der Waals surface area contributed by atoms with Crippen LogP contribution in [0.25, 0.3) is 11.4 Å². The number of benzene rings is 2. The summed E-state index contributed by atoms with van der Waals surface area (Å²) in [6, 6.07) is 16.3. The molecule has 1 aliphatic heterocycles. The highest BCUT2D eigenvalue weighted by Crippen LogP contribution is 2.22. The minimum absolute atomic E-state index is 0.00184. The summed E-state index contributed by atoms with van der Waals surface area (Å²) in [4.78, 5) is 20.7. The van der Waals surface area contributed by atoms with Gasteiger partial charge in [-0.05, 0) is 62.7 Å². The van der Waals surface area contributed by atoms with E-state index in [1.165, 1.54) is 10.5 Å². The largest absolute Gasteiger partial charge is 0.355 e. The average Bonchev–Trinajstić information content (AvgIpc) is 3.27. The van der Waals surface area contributed by atoms with Gasteiger partial charge in [-0.1, -0.05) is 38.8 Å². The predicted octanol–water partition coefficient (Wildman–Crippen LogP) is 4.93. The van der Waals surface area contributed by atoms with E-state index in [4.69, 9.17) is 4.52 Å². The maximum atomic E-state index is 12.7. The van der Waals surface area contributed by atoms with Gasteiger partial charge in [0.15, 0.2) is 0 Å². The quantitative estimate of drug-likeness (QED) is 0.339. The molecule has 0 radical (unpaired) electrons. The highest BCUT2D eigenvalue weighted by atomic mass is 79.9. The van der Waals surface area contributed by atoms with Crippen molar-refractivity contribution in [2.45, 2.75) is 31.2 Å². The number of nitrogens with zero attached hydrogens (tertiary/aromatic N) is 3. The van der Waals surface area contributed by atoms with Gasteiger partial charge in [0.2, 0.25) is 17.6 Å². The number of aromatic nitrogens is 2. The number of piperidine rings is 1. The maximum absolute atomic E-state index is 12.7. The fourth-order valence-corrected chi connectivity index (χ4v) is 4.79. The zero-order valence-corrected chi connectivity index (χ0v) is 20.5. The van der Waals surface area contributed by atoms with Crippen LogP contribution in [-0.2, 0) is 11.3 Å². The molecule has 1 fully saturated rings. The van der Waals surface area contributed by atoms with Gasteiger partial charge in [0.1, 0.15) is 0 Å². The first-order valence-corrected chi connectivity index (χ1v) is 12.6. The van der Waals surface area contributed by atoms with Gasteiger partial charge >= 0.3 is 0 Å². The van der Waals surface area contributed by atoms with Gasteiger partial charge in [-0.25, -0.2) is 0 Å². The second-order valence-electron chi connectivity index (χ2n) is 8.05. The van der Waals surface area contributed by atoms with Crippen LogP contribution in [0.3, 0.4) is 0 Å². The Morgan fingerprint density at radius 1 is 1.22 bits per heavy atom. The van der Waals surface area contributed by atoms with Crippen LogP contribution in [0.1, 0.15) is 24.3 Å². The van der Waals surface area contributed by atoms with Crippen molar-refractivity contribution in [1.29, 1.82) is 0 Å². The van der Waals surface area contributed by atoms with Crippen molar-refractivity contribution in [1.82, 2.24) is 20.4 Å². The fourth-order valence-electron chi connectivity index (χ4n) is 3.76. The van der Waals surface area contributed by atoms with Crippen molar-refractivity contribution in [2.24, 2.45) is 5.92 Å². The number of aryl methyl sites for hydroxylation is 1. The molecule has 0 saturated carbocycles. The second kappa shape index (κ2) is 11.1. The van der Waals surface area contributed by atoms with Gasteiger partial charge in [0, 0.05) is 33.8 Å². The van der Waals surface area contributed by atoms with Gasteiger partial charge in [-0.3, -0.25) is 9.69 Å². The topological polar surface area (TPSA) is 71.3 Å². The van der Waals surface area contributed by atoms with Crippen LogP contribution in [-0.4, -0.2) is 46.3 Å². The number of carbonyl (C=O) groups is 1. The van der Waals surface area contributed by atoms with Gasteiger partial charge < -0.3 is 9.84 Å². The molecule has 1 atom stereocenters. The van der Waals surface area contributed by atoms with E-state index in [0.717, 1.165) is 35.2 Å². The average molecular weight is 515 g/mol. The molecule has 4 rings (SSSR count). The summed E-state index contributed by atoms with van der Waals surface area (Å²) in [7, 11) is 0. The number of rotatable bonds is 8. The van der Waals surface area contributed by atoms with E-state index in [-0.39, 0.29) is 11.8 Å². The first-order chi connectivity index (χ1) is 15.6. The van der Waals surface area contributed by atoms with E-state index >= 15 is 0 Å². The van der Waals surface area contributed by atoms with Gasteiger partial charge in [-0.15, -0.1) is 11.8 Å². The van der Waals surface area contributed by atoms with E-state index in [9.17, 15) is 4.79 Å². The first kappa shape index (κ1) is 23.0. The number of hydrogen-bond acceptors (Lipinski definition) is 6. The van der Waals surface area contributed by atoms with E-state index in [0.29, 0.717) is 31.3 Å². The lowest BCUT2D eigenvalue weighted by atomic mass is 9.97. The SMILES string of the molecule is Cc1ccc(SCCNC(=O)C2CCCN(Cc3nc(-c4ccc(Br)cc4)no3)C2)cc1. The Bertz CT molecular complexity index is 1020. The van der Waals surface area contributed by atoms with Crippen molar-refractivity contribution in [3.8, 4) is 11.4 Å². The standard InChI is InChI=1S/C24H27BrN4O2S/c1-17-4-10-21(11-5-17)32-14-12-26-24(30)19-3-2-13-29(15-19)16-22-27-23(28-31-22)18-6-8-20(25)9-7-18/h4-11,19H,2-3,12-16H2,1H3,(H,26,30). The van der Waals surface area contributed by atoms with Gasteiger partial charge in [0.25, 0.3) is 0 Å². The van der Waals surface area contributed by atoms with Crippen molar-refractivity contribution in [3.63, 3.8) is 0 Å². The Hall–Kier alpha value is -2.16. The van der Waals surface area contributed by atoms with Crippen LogP contribution in [0, 0.1) is 12.8 Å². The number of hydrogen-bond donors (Lipinski definition) is 1. The fraction of sp³-hybridized carbons (Fsp3) is 0.375. The molecule has 1 N–H and O–H groups in total. The van der Waals surface area contributed by atoms with Crippen molar-refractivity contribution in [3.05, 3.63) is 64.5 Å². The third-order valence-electron chi connectivity index (χ3n) is 5.50. The lowest BCUT2D eigenvalue weighted by Crippen LogP contribution is -2.43. The molecule has 2 heterocycles. The summed E-state index contributed by atoms with van der Waals surface area (Å²) in [5.74, 6) is 2.18. The molecule has 0 aliphatic carbocycles. The molecule has 1 saturated heterocycles.